The lowest BCUT2D eigenvalue weighted by atomic mass is 10.00. The Labute approximate surface area is 328 Å². The van der Waals surface area contributed by atoms with Crippen molar-refractivity contribution in [3.8, 4) is 22.3 Å². The first-order valence-corrected chi connectivity index (χ1v) is 18.2. The molecule has 8 nitrogen and oxygen atoms in total. The minimum Gasteiger partial charge on any atom is -0.478 e. The second-order valence-electron chi connectivity index (χ2n) is 13.2. The van der Waals surface area contributed by atoms with Crippen LogP contribution < -0.4 is 0 Å². The molecule has 8 aromatic rings. The van der Waals surface area contributed by atoms with Crippen LogP contribution in [0.5, 0.6) is 0 Å². The summed E-state index contributed by atoms with van der Waals surface area (Å²) < 4.78 is 9.11. The highest BCUT2D eigenvalue weighted by Gasteiger charge is 2.17. The molecule has 0 spiro atoms. The van der Waals surface area contributed by atoms with Gasteiger partial charge < -0.3 is 19.0 Å². The maximum Gasteiger partial charge on any atom is 0.339 e. The van der Waals surface area contributed by atoms with E-state index in [1.165, 1.54) is 35.9 Å². The maximum atomic E-state index is 12.1. The van der Waals surface area contributed by atoms with Crippen molar-refractivity contribution in [1.29, 1.82) is 0 Å². The number of hydrogen-bond acceptors (Lipinski definition) is 5. The quantitative estimate of drug-likeness (QED) is 0.155. The van der Waals surface area contributed by atoms with Gasteiger partial charge in [0.15, 0.2) is 0 Å². The molecular formula is C45H36Cl2N4O4. The average molecular weight is 768 g/mol. The number of nitrogens with zero attached hydrogens (tertiary/aromatic N) is 4. The lowest BCUT2D eigenvalue weighted by molar-refractivity contribution is 0.0598. The molecule has 274 valence electrons. The highest BCUT2D eigenvalue weighted by atomic mass is 35.5. The number of aromatic nitrogens is 4. The summed E-state index contributed by atoms with van der Waals surface area (Å²) >= 11 is 11.9. The van der Waals surface area contributed by atoms with Crippen molar-refractivity contribution >= 4 is 56.9 Å². The number of carboxylic acid groups (broad SMARTS) is 1. The number of fused-ring (bicyclic) bond motifs is 2. The Hall–Kier alpha value is -6.22. The molecule has 1 N–H and O–H groups in total. The van der Waals surface area contributed by atoms with Gasteiger partial charge in [-0.15, -0.1) is 0 Å². The number of aryl methyl sites for hydroxylation is 2. The number of ether oxygens (including phenoxy) is 1. The molecule has 0 atom stereocenters. The topological polar surface area (TPSA) is 99.2 Å². The molecule has 0 aliphatic heterocycles. The van der Waals surface area contributed by atoms with Gasteiger partial charge in [0.25, 0.3) is 0 Å². The number of benzene rings is 4. The molecule has 0 radical (unpaired) electrons. The summed E-state index contributed by atoms with van der Waals surface area (Å²) in [6.07, 6.45) is 8.25. The third-order valence-electron chi connectivity index (χ3n) is 9.53. The van der Waals surface area contributed by atoms with E-state index in [0.717, 1.165) is 38.7 Å². The predicted octanol–water partition coefficient (Wildman–Crippen LogP) is 10.5. The van der Waals surface area contributed by atoms with Crippen molar-refractivity contribution in [2.24, 2.45) is 14.1 Å². The number of methoxy groups -OCH3 is 1. The summed E-state index contributed by atoms with van der Waals surface area (Å²) in [7, 11) is 5.43. The standard InChI is InChI=1S/C23H19ClN2O2.C22H17ClN2O2/c1-26-14-20(16-6-4-3-5-7-16)18-10-15(8-9-22(18)26)11-21-19(23(27)28-2)12-17(24)13-25-21;1-25-13-19(15-5-3-2-4-6-15)17-9-14(7-8-21(17)25)10-20-18(22(26)27)11-16(23)12-24-20/h3-10,12-14H,11H2,1-2H3;2-9,11-13H,10H2,1H3,(H,26,27). The predicted molar refractivity (Wildman–Crippen MR) is 219 cm³/mol. The Morgan fingerprint density at radius 3 is 1.51 bits per heavy atom. The first-order chi connectivity index (χ1) is 26.6. The molecule has 4 heterocycles. The summed E-state index contributed by atoms with van der Waals surface area (Å²) in [6, 6.07) is 36.1. The van der Waals surface area contributed by atoms with Gasteiger partial charge in [0.05, 0.1) is 39.7 Å². The van der Waals surface area contributed by atoms with Crippen LogP contribution in [0.15, 0.2) is 134 Å². The second-order valence-corrected chi connectivity index (χ2v) is 14.1. The van der Waals surface area contributed by atoms with Gasteiger partial charge in [-0.2, -0.15) is 0 Å². The molecule has 0 fully saturated rings. The van der Waals surface area contributed by atoms with E-state index in [1.54, 1.807) is 12.3 Å². The molecule has 0 aliphatic rings. The molecule has 0 aliphatic carbocycles. The monoisotopic (exact) mass is 766 g/mol. The number of aromatic carboxylic acids is 1. The van der Waals surface area contributed by atoms with Gasteiger partial charge in [-0.25, -0.2) is 9.59 Å². The largest absolute Gasteiger partial charge is 0.478 e. The van der Waals surface area contributed by atoms with Gasteiger partial charge in [-0.05, 0) is 58.7 Å². The van der Waals surface area contributed by atoms with Gasteiger partial charge in [0.2, 0.25) is 0 Å². The zero-order valence-electron chi connectivity index (χ0n) is 30.3. The molecule has 55 heavy (non-hydrogen) atoms. The molecule has 4 aromatic carbocycles. The van der Waals surface area contributed by atoms with Crippen molar-refractivity contribution in [3.63, 3.8) is 0 Å². The van der Waals surface area contributed by atoms with E-state index in [0.29, 0.717) is 39.8 Å². The molecule has 0 saturated carbocycles. The Morgan fingerprint density at radius 1 is 0.636 bits per heavy atom. The molecule has 0 amide bonds. The minimum atomic E-state index is -1.02. The second kappa shape index (κ2) is 16.0. The van der Waals surface area contributed by atoms with Crippen LogP contribution in [0.4, 0.5) is 0 Å². The highest BCUT2D eigenvalue weighted by Crippen LogP contribution is 2.33. The number of pyridine rings is 2. The van der Waals surface area contributed by atoms with E-state index in [4.69, 9.17) is 27.9 Å². The zero-order chi connectivity index (χ0) is 38.6. The van der Waals surface area contributed by atoms with E-state index in [-0.39, 0.29) is 5.56 Å². The van der Waals surface area contributed by atoms with E-state index < -0.39 is 11.9 Å². The Morgan fingerprint density at radius 2 is 1.07 bits per heavy atom. The molecule has 10 heteroatoms. The van der Waals surface area contributed by atoms with Crippen LogP contribution in [-0.4, -0.2) is 43.3 Å². The van der Waals surface area contributed by atoms with Gasteiger partial charge >= 0.3 is 11.9 Å². The lowest BCUT2D eigenvalue weighted by Crippen LogP contribution is -2.08. The first-order valence-electron chi connectivity index (χ1n) is 17.5. The number of carboxylic acids is 1. The summed E-state index contributed by atoms with van der Waals surface area (Å²) in [4.78, 5) is 32.2. The lowest BCUT2D eigenvalue weighted by Gasteiger charge is -2.08. The normalized spacial score (nSPS) is 11.0. The van der Waals surface area contributed by atoms with Crippen LogP contribution in [0.3, 0.4) is 0 Å². The van der Waals surface area contributed by atoms with Crippen LogP contribution in [0.2, 0.25) is 10.0 Å². The zero-order valence-corrected chi connectivity index (χ0v) is 31.8. The third-order valence-corrected chi connectivity index (χ3v) is 9.94. The first kappa shape index (κ1) is 37.1. The summed E-state index contributed by atoms with van der Waals surface area (Å²) in [5.74, 6) is -1.46. The summed E-state index contributed by atoms with van der Waals surface area (Å²) in [6.45, 7) is 0. The van der Waals surface area contributed by atoms with Crippen LogP contribution in [-0.2, 0) is 31.7 Å². The van der Waals surface area contributed by atoms with Gasteiger partial charge in [0, 0.05) is 84.7 Å². The Kier molecular flexibility index (Phi) is 10.8. The Bertz CT molecular complexity index is 2690. The number of rotatable bonds is 8. The fourth-order valence-electron chi connectivity index (χ4n) is 6.87. The van der Waals surface area contributed by atoms with E-state index in [1.807, 2.05) is 56.6 Å². The van der Waals surface area contributed by atoms with Gasteiger partial charge in [-0.1, -0.05) is 96.0 Å². The number of carbonyl (C=O) groups is 2. The number of hydrogen-bond donors (Lipinski definition) is 1. The summed E-state index contributed by atoms with van der Waals surface area (Å²) in [5.41, 5.74) is 10.7. The van der Waals surface area contributed by atoms with Crippen molar-refractivity contribution < 1.29 is 19.4 Å². The van der Waals surface area contributed by atoms with E-state index >= 15 is 0 Å². The number of halogens is 2. The van der Waals surface area contributed by atoms with E-state index in [2.05, 4.69) is 86.1 Å². The molecular weight excluding hydrogens is 731 g/mol. The van der Waals surface area contributed by atoms with E-state index in [9.17, 15) is 14.7 Å². The molecule has 8 rings (SSSR count). The summed E-state index contributed by atoms with van der Waals surface area (Å²) in [5, 5.41) is 12.5. The molecule has 0 saturated heterocycles. The SMILES string of the molecule is COC(=O)c1cc(Cl)cnc1Cc1ccc2c(c1)c(-c1ccccc1)cn2C.Cn1cc(-c2ccccc2)c2cc(Cc3ncc(Cl)cc3C(=O)O)ccc21. The fraction of sp³-hybridized carbons (Fsp3) is 0.111. The number of carbonyl (C=O) groups excluding carboxylic acids is 1. The van der Waals surface area contributed by atoms with Crippen LogP contribution in [0.25, 0.3) is 44.1 Å². The maximum absolute atomic E-state index is 12.1. The van der Waals surface area contributed by atoms with Crippen molar-refractivity contribution in [2.45, 2.75) is 12.8 Å². The fourth-order valence-corrected chi connectivity index (χ4v) is 7.19. The van der Waals surface area contributed by atoms with Crippen molar-refractivity contribution in [2.75, 3.05) is 7.11 Å². The van der Waals surface area contributed by atoms with Crippen LogP contribution in [0.1, 0.15) is 43.2 Å². The average Bonchev–Trinajstić information content (AvgIpc) is 3.71. The van der Waals surface area contributed by atoms with Gasteiger partial charge in [-0.3, -0.25) is 9.97 Å². The molecule has 0 bridgehead atoms. The Balaban J connectivity index is 0.000000169. The van der Waals surface area contributed by atoms with Crippen molar-refractivity contribution in [1.82, 2.24) is 19.1 Å². The van der Waals surface area contributed by atoms with Crippen LogP contribution >= 0.6 is 23.2 Å². The third kappa shape index (κ3) is 8.01. The minimum absolute atomic E-state index is 0.138. The number of esters is 1. The molecule has 0 unspecified atom stereocenters. The van der Waals surface area contributed by atoms with Crippen LogP contribution in [0, 0.1) is 0 Å². The molecule has 4 aromatic heterocycles. The highest BCUT2D eigenvalue weighted by molar-refractivity contribution is 6.31. The van der Waals surface area contributed by atoms with Gasteiger partial charge in [0.1, 0.15) is 0 Å². The van der Waals surface area contributed by atoms with Crippen molar-refractivity contribution in [3.05, 3.63) is 178 Å². The smallest absolute Gasteiger partial charge is 0.339 e.